The molecule has 1 fully saturated rings. The van der Waals surface area contributed by atoms with Gasteiger partial charge >= 0.3 is 0 Å². The second kappa shape index (κ2) is 4.58. The summed E-state index contributed by atoms with van der Waals surface area (Å²) in [6, 6.07) is -0.358. The van der Waals surface area contributed by atoms with E-state index in [2.05, 4.69) is 11.9 Å². The van der Waals surface area contributed by atoms with Crippen molar-refractivity contribution in [1.29, 1.82) is 0 Å². The fraction of sp³-hybridized carbons (Fsp3) is 0.889. The van der Waals surface area contributed by atoms with Gasteiger partial charge in [-0.25, -0.2) is 0 Å². The van der Waals surface area contributed by atoms with Gasteiger partial charge in [-0.3, -0.25) is 4.79 Å². The number of amides is 1. The Morgan fingerprint density at radius 1 is 1.31 bits per heavy atom. The monoisotopic (exact) mass is 185 g/mol. The zero-order valence-electron chi connectivity index (χ0n) is 8.49. The third-order valence-electron chi connectivity index (χ3n) is 2.42. The van der Waals surface area contributed by atoms with Crippen LogP contribution in [0.5, 0.6) is 0 Å². The maximum Gasteiger partial charge on any atom is 0.239 e. The van der Waals surface area contributed by atoms with Crippen LogP contribution >= 0.6 is 0 Å². The lowest BCUT2D eigenvalue weighted by Gasteiger charge is -2.22. The Hall–Kier alpha value is -0.610. The molecule has 0 saturated carbocycles. The summed E-state index contributed by atoms with van der Waals surface area (Å²) in [6.45, 7) is 5.44. The van der Waals surface area contributed by atoms with Gasteiger partial charge in [-0.05, 0) is 26.9 Å². The molecule has 1 aliphatic rings. The van der Waals surface area contributed by atoms with Gasteiger partial charge in [0, 0.05) is 19.6 Å². The summed E-state index contributed by atoms with van der Waals surface area (Å²) in [5.74, 6) is 0.0790. The largest absolute Gasteiger partial charge is 0.340 e. The molecule has 1 rings (SSSR count). The summed E-state index contributed by atoms with van der Waals surface area (Å²) in [5, 5.41) is 0. The van der Waals surface area contributed by atoms with Crippen LogP contribution in [0.1, 0.15) is 13.3 Å². The number of carbonyl (C=O) groups excluding carboxylic acids is 1. The number of hydrogen-bond donors (Lipinski definition) is 1. The third-order valence-corrected chi connectivity index (χ3v) is 2.42. The van der Waals surface area contributed by atoms with E-state index in [-0.39, 0.29) is 11.9 Å². The van der Waals surface area contributed by atoms with E-state index in [4.69, 9.17) is 5.73 Å². The van der Waals surface area contributed by atoms with Gasteiger partial charge in [-0.15, -0.1) is 0 Å². The number of rotatable bonds is 1. The van der Waals surface area contributed by atoms with Gasteiger partial charge in [-0.1, -0.05) is 0 Å². The maximum absolute atomic E-state index is 11.5. The molecule has 0 unspecified atom stereocenters. The Kier molecular flexibility index (Phi) is 3.69. The summed E-state index contributed by atoms with van der Waals surface area (Å²) in [4.78, 5) is 15.7. The maximum atomic E-state index is 11.5. The number of nitrogens with zero attached hydrogens (tertiary/aromatic N) is 2. The molecule has 1 saturated heterocycles. The fourth-order valence-corrected chi connectivity index (χ4v) is 1.55. The summed E-state index contributed by atoms with van der Waals surface area (Å²) in [5.41, 5.74) is 5.55. The van der Waals surface area contributed by atoms with E-state index in [0.717, 1.165) is 32.6 Å². The van der Waals surface area contributed by atoms with Crippen LogP contribution in [-0.2, 0) is 4.79 Å². The molecule has 1 heterocycles. The molecule has 13 heavy (non-hydrogen) atoms. The van der Waals surface area contributed by atoms with Crippen LogP contribution in [0.15, 0.2) is 0 Å². The van der Waals surface area contributed by atoms with Crippen LogP contribution in [0.4, 0.5) is 0 Å². The summed E-state index contributed by atoms with van der Waals surface area (Å²) in [7, 11) is 2.08. The molecule has 0 radical (unpaired) electrons. The first-order valence-corrected chi connectivity index (χ1v) is 4.84. The lowest BCUT2D eigenvalue weighted by atomic mass is 10.3. The van der Waals surface area contributed by atoms with E-state index in [1.807, 2.05) is 4.90 Å². The van der Waals surface area contributed by atoms with E-state index in [1.54, 1.807) is 6.92 Å². The highest BCUT2D eigenvalue weighted by atomic mass is 16.2. The number of likely N-dealkylation sites (N-methyl/N-ethyl adjacent to an activating group) is 1. The van der Waals surface area contributed by atoms with Crippen molar-refractivity contribution in [2.45, 2.75) is 19.4 Å². The zero-order valence-corrected chi connectivity index (χ0v) is 8.49. The van der Waals surface area contributed by atoms with Crippen molar-refractivity contribution >= 4 is 5.91 Å². The van der Waals surface area contributed by atoms with Crippen LogP contribution in [0.25, 0.3) is 0 Å². The van der Waals surface area contributed by atoms with Crippen molar-refractivity contribution in [1.82, 2.24) is 9.80 Å². The predicted molar refractivity (Wildman–Crippen MR) is 52.3 cm³/mol. The SMILES string of the molecule is C[C@H](N)C(=O)N1CCCN(C)CC1. The van der Waals surface area contributed by atoms with E-state index >= 15 is 0 Å². The average Bonchev–Trinajstić information content (AvgIpc) is 2.28. The Bertz CT molecular complexity index is 182. The summed E-state index contributed by atoms with van der Waals surface area (Å²) < 4.78 is 0. The lowest BCUT2D eigenvalue weighted by molar-refractivity contribution is -0.132. The highest BCUT2D eigenvalue weighted by Crippen LogP contribution is 2.02. The first kappa shape index (κ1) is 10.5. The van der Waals surface area contributed by atoms with Gasteiger partial charge in [0.25, 0.3) is 0 Å². The van der Waals surface area contributed by atoms with E-state index < -0.39 is 0 Å². The Morgan fingerprint density at radius 2 is 2.00 bits per heavy atom. The molecule has 0 spiro atoms. The normalized spacial score (nSPS) is 22.5. The van der Waals surface area contributed by atoms with Crippen molar-refractivity contribution in [3.63, 3.8) is 0 Å². The molecule has 4 nitrogen and oxygen atoms in total. The molecule has 4 heteroatoms. The molecule has 0 aromatic carbocycles. The third kappa shape index (κ3) is 2.97. The minimum Gasteiger partial charge on any atom is -0.340 e. The van der Waals surface area contributed by atoms with Gasteiger partial charge in [0.2, 0.25) is 5.91 Å². The van der Waals surface area contributed by atoms with Crippen LogP contribution in [-0.4, -0.2) is 55.0 Å². The molecular formula is C9H19N3O. The van der Waals surface area contributed by atoms with Crippen molar-refractivity contribution in [2.24, 2.45) is 5.73 Å². The molecule has 76 valence electrons. The highest BCUT2D eigenvalue weighted by Gasteiger charge is 2.19. The summed E-state index contributed by atoms with van der Waals surface area (Å²) >= 11 is 0. The predicted octanol–water partition coefficient (Wildman–Crippen LogP) is -0.502. The smallest absolute Gasteiger partial charge is 0.239 e. The number of carbonyl (C=O) groups is 1. The lowest BCUT2D eigenvalue weighted by Crippen LogP contribution is -2.43. The molecule has 0 bridgehead atoms. The van der Waals surface area contributed by atoms with E-state index in [1.165, 1.54) is 0 Å². The van der Waals surface area contributed by atoms with Crippen molar-refractivity contribution < 1.29 is 4.79 Å². The Labute approximate surface area is 79.7 Å². The van der Waals surface area contributed by atoms with Gasteiger partial charge < -0.3 is 15.5 Å². The minimum absolute atomic E-state index is 0.0790. The first-order valence-electron chi connectivity index (χ1n) is 4.84. The minimum atomic E-state index is -0.358. The molecule has 1 amide bonds. The summed E-state index contributed by atoms with van der Waals surface area (Å²) in [6.07, 6.45) is 1.05. The molecule has 0 aromatic rings. The molecule has 1 atom stereocenters. The second-order valence-corrected chi connectivity index (χ2v) is 3.77. The average molecular weight is 185 g/mol. The molecular weight excluding hydrogens is 166 g/mol. The molecule has 0 aliphatic carbocycles. The number of nitrogens with two attached hydrogens (primary N) is 1. The standard InChI is InChI=1S/C9H19N3O/c1-8(10)9(13)12-5-3-4-11(2)6-7-12/h8H,3-7,10H2,1-2H3/t8-/m0/s1. The topological polar surface area (TPSA) is 49.6 Å². The Morgan fingerprint density at radius 3 is 2.62 bits per heavy atom. The van der Waals surface area contributed by atoms with Gasteiger partial charge in [0.05, 0.1) is 6.04 Å². The number of hydrogen-bond acceptors (Lipinski definition) is 3. The van der Waals surface area contributed by atoms with Crippen LogP contribution in [0.3, 0.4) is 0 Å². The van der Waals surface area contributed by atoms with Crippen LogP contribution in [0.2, 0.25) is 0 Å². The van der Waals surface area contributed by atoms with Crippen molar-refractivity contribution in [2.75, 3.05) is 33.2 Å². The van der Waals surface area contributed by atoms with Crippen LogP contribution in [0, 0.1) is 0 Å². The quantitative estimate of drug-likeness (QED) is 0.599. The van der Waals surface area contributed by atoms with Gasteiger partial charge in [0.15, 0.2) is 0 Å². The first-order chi connectivity index (χ1) is 6.11. The van der Waals surface area contributed by atoms with Gasteiger partial charge in [-0.2, -0.15) is 0 Å². The zero-order chi connectivity index (χ0) is 9.84. The second-order valence-electron chi connectivity index (χ2n) is 3.77. The molecule has 2 N–H and O–H groups in total. The van der Waals surface area contributed by atoms with E-state index in [0.29, 0.717) is 0 Å². The van der Waals surface area contributed by atoms with Crippen molar-refractivity contribution in [3.8, 4) is 0 Å². The fourth-order valence-electron chi connectivity index (χ4n) is 1.55. The van der Waals surface area contributed by atoms with Gasteiger partial charge in [0.1, 0.15) is 0 Å². The highest BCUT2D eigenvalue weighted by molar-refractivity contribution is 5.81. The molecule has 0 aromatic heterocycles. The van der Waals surface area contributed by atoms with E-state index in [9.17, 15) is 4.79 Å². The van der Waals surface area contributed by atoms with Crippen molar-refractivity contribution in [3.05, 3.63) is 0 Å². The molecule has 1 aliphatic heterocycles. The Balaban J connectivity index is 2.46. The van der Waals surface area contributed by atoms with Crippen LogP contribution < -0.4 is 5.73 Å².